The molecule has 0 amide bonds. The van der Waals surface area contributed by atoms with Crippen LogP contribution in [0.4, 0.5) is 0 Å². The number of carboxylic acids is 1. The molecule has 0 bridgehead atoms. The first kappa shape index (κ1) is 10.0. The van der Waals surface area contributed by atoms with Gasteiger partial charge < -0.3 is 20.4 Å². The lowest BCUT2D eigenvalue weighted by Gasteiger charge is -2.02. The van der Waals surface area contributed by atoms with Crippen LogP contribution >= 0.6 is 12.0 Å². The van der Waals surface area contributed by atoms with Gasteiger partial charge >= 0.3 is 5.97 Å². The second kappa shape index (κ2) is 4.26. The van der Waals surface area contributed by atoms with Gasteiger partial charge in [-0.2, -0.15) is 0 Å². The van der Waals surface area contributed by atoms with E-state index in [0.717, 1.165) is 0 Å². The second-order valence-corrected chi connectivity index (χ2v) is 3.02. The zero-order valence-corrected chi connectivity index (χ0v) is 7.41. The Kier molecular flexibility index (Phi) is 3.29. The van der Waals surface area contributed by atoms with Gasteiger partial charge in [0, 0.05) is 18.3 Å². The van der Waals surface area contributed by atoms with Gasteiger partial charge in [-0.25, -0.2) is 4.98 Å². The molecule has 7 heteroatoms. The van der Waals surface area contributed by atoms with Crippen LogP contribution in [0, 0.1) is 0 Å². The van der Waals surface area contributed by atoms with Crippen molar-refractivity contribution in [3.8, 4) is 0 Å². The summed E-state index contributed by atoms with van der Waals surface area (Å²) >= 11 is 0.470. The highest BCUT2D eigenvalue weighted by Crippen LogP contribution is 2.09. The average molecular weight is 203 g/mol. The summed E-state index contributed by atoms with van der Waals surface area (Å²) < 4.78 is 8.57. The van der Waals surface area contributed by atoms with Gasteiger partial charge in [-0.3, -0.25) is 4.79 Å². The Labute approximate surface area is 78.4 Å². The van der Waals surface area contributed by atoms with Gasteiger partial charge in [0.15, 0.2) is 5.16 Å². The van der Waals surface area contributed by atoms with Crippen LogP contribution in [0.25, 0.3) is 0 Å². The number of nitrogens with one attached hydrogen (secondary N) is 1. The number of rotatable bonds is 4. The molecule has 1 heterocycles. The van der Waals surface area contributed by atoms with Gasteiger partial charge in [-0.1, -0.05) is 0 Å². The van der Waals surface area contributed by atoms with Crippen LogP contribution in [0.2, 0.25) is 0 Å². The standard InChI is InChI=1S/C6H9N3O3S/c7-4(5(10)11)1-3-2-8-6(9-3)13-12/h2,4,12H,1,7H2,(H,8,9)(H,10,11)/t4-/m0/s1. The molecule has 1 rings (SSSR count). The van der Waals surface area contributed by atoms with Gasteiger partial charge in [-0.05, 0) is 0 Å². The van der Waals surface area contributed by atoms with Crippen molar-refractivity contribution in [2.75, 3.05) is 0 Å². The molecule has 0 saturated heterocycles. The van der Waals surface area contributed by atoms with E-state index >= 15 is 0 Å². The summed E-state index contributed by atoms with van der Waals surface area (Å²) in [7, 11) is 0. The van der Waals surface area contributed by atoms with Crippen molar-refractivity contribution in [1.82, 2.24) is 9.97 Å². The first-order valence-corrected chi connectivity index (χ1v) is 4.24. The minimum atomic E-state index is -1.06. The van der Waals surface area contributed by atoms with E-state index < -0.39 is 12.0 Å². The second-order valence-electron chi connectivity index (χ2n) is 2.45. The number of carbonyl (C=O) groups is 1. The van der Waals surface area contributed by atoms with Crippen LogP contribution in [-0.2, 0) is 11.2 Å². The highest BCUT2D eigenvalue weighted by atomic mass is 32.2. The van der Waals surface area contributed by atoms with E-state index in [9.17, 15) is 4.79 Å². The van der Waals surface area contributed by atoms with Gasteiger partial charge in [0.25, 0.3) is 0 Å². The number of nitrogens with two attached hydrogens (primary N) is 1. The van der Waals surface area contributed by atoms with Crippen LogP contribution in [0.3, 0.4) is 0 Å². The van der Waals surface area contributed by atoms with Crippen molar-refractivity contribution >= 4 is 18.0 Å². The molecule has 5 N–H and O–H groups in total. The third kappa shape index (κ3) is 2.72. The molecular formula is C6H9N3O3S. The number of carboxylic acid groups (broad SMARTS) is 1. The molecule has 0 aliphatic heterocycles. The fourth-order valence-corrected chi connectivity index (χ4v) is 1.09. The molecule has 0 saturated carbocycles. The van der Waals surface area contributed by atoms with Crippen molar-refractivity contribution in [2.45, 2.75) is 17.6 Å². The Morgan fingerprint density at radius 2 is 2.54 bits per heavy atom. The van der Waals surface area contributed by atoms with Crippen LogP contribution in [0.5, 0.6) is 0 Å². The fraction of sp³-hybridized carbons (Fsp3) is 0.333. The summed E-state index contributed by atoms with van der Waals surface area (Å²) in [5.74, 6) is -1.06. The number of aromatic amines is 1. The van der Waals surface area contributed by atoms with Crippen molar-refractivity contribution in [3.63, 3.8) is 0 Å². The monoisotopic (exact) mass is 203 g/mol. The van der Waals surface area contributed by atoms with Crippen molar-refractivity contribution in [3.05, 3.63) is 11.9 Å². The zero-order valence-electron chi connectivity index (χ0n) is 6.60. The molecule has 0 fully saturated rings. The van der Waals surface area contributed by atoms with E-state index in [1.54, 1.807) is 0 Å². The zero-order chi connectivity index (χ0) is 9.84. The lowest BCUT2D eigenvalue weighted by atomic mass is 10.2. The summed E-state index contributed by atoms with van der Waals surface area (Å²) in [6.07, 6.45) is 1.62. The van der Waals surface area contributed by atoms with E-state index in [2.05, 4.69) is 9.97 Å². The Morgan fingerprint density at radius 3 is 3.00 bits per heavy atom. The largest absolute Gasteiger partial charge is 0.480 e. The summed E-state index contributed by atoms with van der Waals surface area (Å²) in [4.78, 5) is 16.8. The predicted molar refractivity (Wildman–Crippen MR) is 46.4 cm³/mol. The molecule has 72 valence electrons. The maximum Gasteiger partial charge on any atom is 0.320 e. The quantitative estimate of drug-likeness (QED) is 0.509. The van der Waals surface area contributed by atoms with Crippen molar-refractivity contribution in [2.24, 2.45) is 5.73 Å². The normalized spacial score (nSPS) is 12.8. The molecule has 0 unspecified atom stereocenters. The van der Waals surface area contributed by atoms with Crippen molar-refractivity contribution < 1.29 is 14.5 Å². The van der Waals surface area contributed by atoms with Gasteiger partial charge in [-0.15, -0.1) is 0 Å². The maximum absolute atomic E-state index is 10.4. The molecule has 0 spiro atoms. The lowest BCUT2D eigenvalue weighted by Crippen LogP contribution is -2.32. The number of imidazole rings is 1. The predicted octanol–water partition coefficient (Wildman–Crippen LogP) is -0.0708. The summed E-state index contributed by atoms with van der Waals surface area (Å²) in [5.41, 5.74) is 5.87. The van der Waals surface area contributed by atoms with E-state index in [1.807, 2.05) is 0 Å². The summed E-state index contributed by atoms with van der Waals surface area (Å²) in [6.45, 7) is 0. The van der Waals surface area contributed by atoms with Crippen LogP contribution in [-0.4, -0.2) is 31.6 Å². The first-order chi connectivity index (χ1) is 6.13. The number of aliphatic carboxylic acids is 1. The molecule has 0 aliphatic rings. The van der Waals surface area contributed by atoms with E-state index in [4.69, 9.17) is 15.4 Å². The highest BCUT2D eigenvalue weighted by Gasteiger charge is 2.13. The topological polar surface area (TPSA) is 112 Å². The third-order valence-electron chi connectivity index (χ3n) is 1.45. The Bertz CT molecular complexity index is 301. The van der Waals surface area contributed by atoms with Crippen LogP contribution in [0.15, 0.2) is 11.4 Å². The van der Waals surface area contributed by atoms with Crippen molar-refractivity contribution in [1.29, 1.82) is 0 Å². The summed E-state index contributed by atoms with van der Waals surface area (Å²) in [6, 6.07) is -0.947. The Balaban J connectivity index is 2.58. The fourth-order valence-electron chi connectivity index (χ4n) is 0.813. The summed E-state index contributed by atoms with van der Waals surface area (Å²) in [5, 5.41) is 8.82. The number of hydrogen-bond acceptors (Lipinski definition) is 5. The molecule has 6 nitrogen and oxygen atoms in total. The molecule has 1 aromatic heterocycles. The number of hydrogen-bond donors (Lipinski definition) is 4. The smallest absolute Gasteiger partial charge is 0.320 e. The van der Waals surface area contributed by atoms with Crippen LogP contribution < -0.4 is 5.73 Å². The van der Waals surface area contributed by atoms with E-state index in [1.165, 1.54) is 6.20 Å². The number of H-pyrrole nitrogens is 1. The van der Waals surface area contributed by atoms with E-state index in [0.29, 0.717) is 22.9 Å². The minimum Gasteiger partial charge on any atom is -0.480 e. The Hall–Kier alpha value is -1.05. The van der Waals surface area contributed by atoms with Gasteiger partial charge in [0.1, 0.15) is 6.04 Å². The molecule has 0 aromatic carbocycles. The minimum absolute atomic E-state index is 0.170. The SMILES string of the molecule is N[C@@H](Cc1cnc(SO)[nH]1)C(=O)O. The maximum atomic E-state index is 10.4. The average Bonchev–Trinajstić information content (AvgIpc) is 2.52. The molecule has 1 aromatic rings. The number of nitrogens with zero attached hydrogens (tertiary/aromatic N) is 1. The molecule has 0 aliphatic carbocycles. The van der Waals surface area contributed by atoms with Crippen LogP contribution in [0.1, 0.15) is 5.69 Å². The lowest BCUT2D eigenvalue weighted by molar-refractivity contribution is -0.138. The third-order valence-corrected chi connectivity index (χ3v) is 1.83. The Morgan fingerprint density at radius 1 is 1.85 bits per heavy atom. The highest BCUT2D eigenvalue weighted by molar-refractivity contribution is 7.93. The molecular weight excluding hydrogens is 194 g/mol. The number of aromatic nitrogens is 2. The molecule has 0 radical (unpaired) electrons. The first-order valence-electron chi connectivity index (χ1n) is 3.47. The van der Waals surface area contributed by atoms with Gasteiger partial charge in [0.2, 0.25) is 0 Å². The van der Waals surface area contributed by atoms with E-state index in [-0.39, 0.29) is 6.42 Å². The van der Waals surface area contributed by atoms with Gasteiger partial charge in [0.05, 0.1) is 12.0 Å². The molecule has 13 heavy (non-hydrogen) atoms. The molecule has 1 atom stereocenters.